The second-order valence-electron chi connectivity index (χ2n) is 10.9. The van der Waals surface area contributed by atoms with Gasteiger partial charge >= 0.3 is 5.97 Å². The number of esters is 1. The van der Waals surface area contributed by atoms with Gasteiger partial charge in [0.05, 0.1) is 24.2 Å². The first-order chi connectivity index (χ1) is 17.6. The minimum atomic E-state index is -1.18. The Kier molecular flexibility index (Phi) is 7.62. The molecular weight excluding hydrogens is 472 g/mol. The summed E-state index contributed by atoms with van der Waals surface area (Å²) in [5.74, 6) is -2.97. The second kappa shape index (κ2) is 10.4. The Balaban J connectivity index is 1.79. The Morgan fingerprint density at radius 2 is 1.95 bits per heavy atom. The molecule has 8 nitrogen and oxygen atoms in total. The van der Waals surface area contributed by atoms with Crippen LogP contribution in [0.2, 0.25) is 0 Å². The van der Waals surface area contributed by atoms with E-state index in [4.69, 9.17) is 9.47 Å². The summed E-state index contributed by atoms with van der Waals surface area (Å²) < 4.78 is 12.0. The maximum Gasteiger partial charge on any atom is 0.313 e. The van der Waals surface area contributed by atoms with Gasteiger partial charge in [0.2, 0.25) is 11.8 Å². The van der Waals surface area contributed by atoms with Crippen molar-refractivity contribution in [2.45, 2.75) is 63.4 Å². The van der Waals surface area contributed by atoms with Gasteiger partial charge in [-0.1, -0.05) is 62.9 Å². The first-order valence-electron chi connectivity index (χ1n) is 13.0. The van der Waals surface area contributed by atoms with Crippen molar-refractivity contribution in [2.24, 2.45) is 17.8 Å². The Morgan fingerprint density at radius 1 is 1.24 bits per heavy atom. The molecule has 3 heterocycles. The van der Waals surface area contributed by atoms with Crippen molar-refractivity contribution in [1.29, 1.82) is 0 Å². The molecule has 2 unspecified atom stereocenters. The third kappa shape index (κ3) is 4.40. The number of nitrogens with zero attached hydrogens (tertiary/aromatic N) is 2. The van der Waals surface area contributed by atoms with Crippen molar-refractivity contribution in [1.82, 2.24) is 9.80 Å². The molecule has 1 aromatic carbocycles. The average molecular weight is 511 g/mol. The van der Waals surface area contributed by atoms with Gasteiger partial charge in [0.1, 0.15) is 24.2 Å². The van der Waals surface area contributed by atoms with Crippen LogP contribution < -0.4 is 0 Å². The number of rotatable bonds is 11. The largest absolute Gasteiger partial charge is 0.461 e. The van der Waals surface area contributed by atoms with E-state index in [0.29, 0.717) is 19.4 Å². The van der Waals surface area contributed by atoms with E-state index in [-0.39, 0.29) is 37.5 Å². The van der Waals surface area contributed by atoms with Crippen molar-refractivity contribution >= 4 is 17.8 Å². The molecule has 6 atom stereocenters. The fourth-order valence-corrected chi connectivity index (χ4v) is 6.57. The van der Waals surface area contributed by atoms with Gasteiger partial charge < -0.3 is 24.4 Å². The molecular formula is C29H38N2O6. The third-order valence-electron chi connectivity index (χ3n) is 8.24. The van der Waals surface area contributed by atoms with Crippen LogP contribution in [0.25, 0.3) is 0 Å². The lowest BCUT2D eigenvalue weighted by molar-refractivity contribution is -0.162. The van der Waals surface area contributed by atoms with Crippen LogP contribution in [0.5, 0.6) is 0 Å². The number of fused-ring (bicyclic) bond motifs is 1. The Morgan fingerprint density at radius 3 is 2.54 bits per heavy atom. The van der Waals surface area contributed by atoms with Gasteiger partial charge in [-0.15, -0.1) is 6.58 Å². The molecule has 1 spiro atoms. The molecule has 3 fully saturated rings. The fraction of sp³-hybridized carbons (Fsp3) is 0.552. The lowest BCUT2D eigenvalue weighted by atomic mass is 9.66. The Bertz CT molecular complexity index is 1060. The van der Waals surface area contributed by atoms with Crippen molar-refractivity contribution < 1.29 is 29.0 Å². The quantitative estimate of drug-likeness (QED) is 0.363. The van der Waals surface area contributed by atoms with Gasteiger partial charge in [0, 0.05) is 13.1 Å². The van der Waals surface area contributed by atoms with E-state index in [0.717, 1.165) is 5.56 Å². The molecule has 3 aliphatic rings. The highest BCUT2D eigenvalue weighted by molar-refractivity contribution is 5.98. The molecule has 0 aliphatic carbocycles. The predicted molar refractivity (Wildman–Crippen MR) is 138 cm³/mol. The predicted octanol–water partition coefficient (Wildman–Crippen LogP) is 2.71. The minimum Gasteiger partial charge on any atom is -0.461 e. The van der Waals surface area contributed by atoms with E-state index in [1.165, 1.54) is 11.0 Å². The number of hydrogen-bond acceptors (Lipinski definition) is 6. The summed E-state index contributed by atoms with van der Waals surface area (Å²) in [7, 11) is 0. The lowest BCUT2D eigenvalue weighted by Crippen LogP contribution is -2.59. The topological polar surface area (TPSA) is 96.4 Å². The van der Waals surface area contributed by atoms with Crippen LogP contribution in [0.3, 0.4) is 0 Å². The number of likely N-dealkylation sites (tertiary alicyclic amines) is 1. The van der Waals surface area contributed by atoms with Crippen LogP contribution >= 0.6 is 0 Å². The molecule has 8 heteroatoms. The van der Waals surface area contributed by atoms with Crippen LogP contribution in [-0.2, 0) is 30.4 Å². The molecule has 2 amide bonds. The van der Waals surface area contributed by atoms with Gasteiger partial charge in [-0.25, -0.2) is 0 Å². The second-order valence-corrected chi connectivity index (χ2v) is 10.9. The zero-order valence-corrected chi connectivity index (χ0v) is 22.0. The average Bonchev–Trinajstić information content (AvgIpc) is 3.44. The Hall–Kier alpha value is -2.97. The summed E-state index contributed by atoms with van der Waals surface area (Å²) in [5.41, 5.74) is -1.16. The van der Waals surface area contributed by atoms with E-state index >= 15 is 0 Å². The molecule has 1 aromatic rings. The number of hydrogen-bond donors (Lipinski definition) is 1. The number of carbonyl (C=O) groups excluding carboxylic acids is 3. The molecule has 4 rings (SSSR count). The first-order valence-corrected chi connectivity index (χ1v) is 13.0. The summed E-state index contributed by atoms with van der Waals surface area (Å²) in [6.45, 7) is 13.4. The number of benzene rings is 1. The van der Waals surface area contributed by atoms with Gasteiger partial charge in [-0.3, -0.25) is 14.4 Å². The number of ether oxygens (including phenoxy) is 2. The number of carbonyl (C=O) groups is 3. The van der Waals surface area contributed by atoms with Gasteiger partial charge in [-0.2, -0.15) is 0 Å². The van der Waals surface area contributed by atoms with Crippen molar-refractivity contribution in [2.75, 3.05) is 19.8 Å². The number of aliphatic hydroxyl groups excluding tert-OH is 1. The maximum atomic E-state index is 14.4. The van der Waals surface area contributed by atoms with Gasteiger partial charge in [0.15, 0.2) is 0 Å². The number of amides is 2. The first kappa shape index (κ1) is 27.1. The van der Waals surface area contributed by atoms with Crippen LogP contribution in [0.4, 0.5) is 0 Å². The number of aliphatic hydroxyl groups is 1. The fourth-order valence-electron chi connectivity index (χ4n) is 6.57. The van der Waals surface area contributed by atoms with Crippen LogP contribution in [-0.4, -0.2) is 75.7 Å². The standard InChI is InChI=1S/C29H38N2O6/c1-6-15-30(17-20-11-9-8-10-12-20)26(34)24-29-14-13-28(5,37-29)23(27(35)36-16-7-2)22(29)25(33)31(24)21(18-32)19(3)4/h6-12,19,21-24,32H,1-2,13-18H2,3-5H3/t21-,22-,23-,24?,28+,29?/m0/s1. The normalized spacial score (nSPS) is 30.8. The third-order valence-corrected chi connectivity index (χ3v) is 8.24. The SMILES string of the molecule is C=CCOC(=O)[C@@H]1[C@H]2C(=O)N([C@@H](CO)C(C)C)C(C(=O)N(CC=C)Cc3ccccc3)C23CC[C@@]1(C)O3. The molecule has 37 heavy (non-hydrogen) atoms. The van der Waals surface area contributed by atoms with Crippen molar-refractivity contribution in [3.05, 3.63) is 61.2 Å². The molecule has 0 aromatic heterocycles. The summed E-state index contributed by atoms with van der Waals surface area (Å²) in [6, 6.07) is 8.03. The molecule has 200 valence electrons. The smallest absolute Gasteiger partial charge is 0.313 e. The van der Waals surface area contributed by atoms with E-state index < -0.39 is 41.1 Å². The van der Waals surface area contributed by atoms with E-state index in [1.54, 1.807) is 11.0 Å². The maximum absolute atomic E-state index is 14.4. The van der Waals surface area contributed by atoms with E-state index in [2.05, 4.69) is 13.2 Å². The van der Waals surface area contributed by atoms with Gasteiger partial charge in [-0.05, 0) is 31.2 Å². The molecule has 3 saturated heterocycles. The van der Waals surface area contributed by atoms with Crippen molar-refractivity contribution in [3.63, 3.8) is 0 Å². The van der Waals surface area contributed by atoms with Gasteiger partial charge in [0.25, 0.3) is 0 Å². The summed E-state index contributed by atoms with van der Waals surface area (Å²) in [6.07, 6.45) is 4.12. The highest BCUT2D eigenvalue weighted by atomic mass is 16.6. The van der Waals surface area contributed by atoms with Crippen LogP contribution in [0.1, 0.15) is 39.2 Å². The monoisotopic (exact) mass is 510 g/mol. The summed E-state index contributed by atoms with van der Waals surface area (Å²) in [4.78, 5) is 45.0. The summed E-state index contributed by atoms with van der Waals surface area (Å²) >= 11 is 0. The minimum absolute atomic E-state index is 0.0286. The molecule has 2 bridgehead atoms. The molecule has 1 N–H and O–H groups in total. The van der Waals surface area contributed by atoms with E-state index in [9.17, 15) is 19.5 Å². The highest BCUT2D eigenvalue weighted by Crippen LogP contribution is 2.64. The zero-order chi connectivity index (χ0) is 27.0. The molecule has 0 radical (unpaired) electrons. The molecule has 0 saturated carbocycles. The lowest BCUT2D eigenvalue weighted by Gasteiger charge is -2.40. The van der Waals surface area contributed by atoms with Crippen molar-refractivity contribution in [3.8, 4) is 0 Å². The molecule has 3 aliphatic heterocycles. The van der Waals surface area contributed by atoms with Crippen LogP contribution in [0, 0.1) is 17.8 Å². The van der Waals surface area contributed by atoms with E-state index in [1.807, 2.05) is 51.1 Å². The zero-order valence-electron chi connectivity index (χ0n) is 22.0. The highest BCUT2D eigenvalue weighted by Gasteiger charge is 2.79. The summed E-state index contributed by atoms with van der Waals surface area (Å²) in [5, 5.41) is 10.3. The van der Waals surface area contributed by atoms with Crippen LogP contribution in [0.15, 0.2) is 55.6 Å². The Labute approximate surface area is 218 Å².